The summed E-state index contributed by atoms with van der Waals surface area (Å²) in [5, 5.41) is 4.66. The van der Waals surface area contributed by atoms with Gasteiger partial charge >= 0.3 is 0 Å². The van der Waals surface area contributed by atoms with E-state index in [0.29, 0.717) is 18.9 Å². The van der Waals surface area contributed by atoms with Crippen LogP contribution in [0.1, 0.15) is 26.7 Å². The first-order valence-corrected chi connectivity index (χ1v) is 12.3. The van der Waals surface area contributed by atoms with Crippen LogP contribution in [0.4, 0.5) is 0 Å². The Hall–Kier alpha value is -2.00. The third-order valence-corrected chi connectivity index (χ3v) is 7.93. The topological polar surface area (TPSA) is 57.0 Å². The van der Waals surface area contributed by atoms with E-state index in [1.165, 1.54) is 5.56 Å². The van der Waals surface area contributed by atoms with Crippen LogP contribution in [-0.4, -0.2) is 28.3 Å². The van der Waals surface area contributed by atoms with Gasteiger partial charge in [0.15, 0.2) is 5.16 Å². The van der Waals surface area contributed by atoms with E-state index in [1.807, 2.05) is 19.9 Å². The van der Waals surface area contributed by atoms with Crippen molar-refractivity contribution in [1.82, 2.24) is 14.5 Å². The molecule has 0 aliphatic carbocycles. The number of benzene rings is 1. The molecule has 0 amide bonds. The van der Waals surface area contributed by atoms with Gasteiger partial charge in [0.2, 0.25) is 0 Å². The van der Waals surface area contributed by atoms with Crippen molar-refractivity contribution in [2.75, 3.05) is 13.7 Å². The first-order chi connectivity index (χ1) is 14.6. The summed E-state index contributed by atoms with van der Waals surface area (Å²) in [7, 11) is 1.65. The summed E-state index contributed by atoms with van der Waals surface area (Å²) in [6.45, 7) is 5.00. The Labute approximate surface area is 187 Å². The van der Waals surface area contributed by atoms with Gasteiger partial charge in [-0.05, 0) is 25.0 Å². The van der Waals surface area contributed by atoms with Crippen LogP contribution in [0.5, 0.6) is 0 Å². The number of aromatic nitrogens is 3. The minimum Gasteiger partial charge on any atom is -0.383 e. The van der Waals surface area contributed by atoms with Gasteiger partial charge in [0.1, 0.15) is 4.83 Å². The van der Waals surface area contributed by atoms with Crippen LogP contribution in [-0.2, 0) is 23.5 Å². The van der Waals surface area contributed by atoms with E-state index in [9.17, 15) is 4.79 Å². The number of fused-ring (bicyclic) bond motifs is 1. The minimum absolute atomic E-state index is 0.0180. The maximum Gasteiger partial charge on any atom is 0.263 e. The van der Waals surface area contributed by atoms with Gasteiger partial charge in [0.25, 0.3) is 5.56 Å². The van der Waals surface area contributed by atoms with Gasteiger partial charge in [0, 0.05) is 29.5 Å². The lowest BCUT2D eigenvalue weighted by Crippen LogP contribution is -2.25. The highest BCUT2D eigenvalue weighted by molar-refractivity contribution is 7.98. The number of thiophene rings is 1. The number of nitrogens with zero attached hydrogens (tertiary/aromatic N) is 3. The Morgan fingerprint density at radius 2 is 1.97 bits per heavy atom. The van der Waals surface area contributed by atoms with Gasteiger partial charge in [-0.25, -0.2) is 9.97 Å². The number of thioether (sulfide) groups is 1. The lowest BCUT2D eigenvalue weighted by molar-refractivity contribution is 0.183. The predicted octanol–water partition coefficient (Wildman–Crippen LogP) is 5.06. The molecule has 1 aromatic carbocycles. The summed E-state index contributed by atoms with van der Waals surface area (Å²) in [6, 6.07) is 10.4. The zero-order valence-corrected chi connectivity index (χ0v) is 19.6. The molecule has 30 heavy (non-hydrogen) atoms. The van der Waals surface area contributed by atoms with E-state index in [0.717, 1.165) is 42.9 Å². The van der Waals surface area contributed by atoms with E-state index < -0.39 is 0 Å². The Balaban J connectivity index is 1.57. The molecule has 0 radical (unpaired) electrons. The molecule has 0 saturated carbocycles. The van der Waals surface area contributed by atoms with Crippen LogP contribution >= 0.6 is 34.4 Å². The molecule has 0 atom stereocenters. The van der Waals surface area contributed by atoms with Crippen LogP contribution in [0.2, 0.25) is 0 Å². The fourth-order valence-electron chi connectivity index (χ4n) is 3.20. The zero-order chi connectivity index (χ0) is 21.1. The fourth-order valence-corrected chi connectivity index (χ4v) is 6.13. The van der Waals surface area contributed by atoms with E-state index in [4.69, 9.17) is 14.7 Å². The molecule has 156 valence electrons. The highest BCUT2D eigenvalue weighted by Crippen LogP contribution is 2.29. The number of thiazole rings is 1. The van der Waals surface area contributed by atoms with Gasteiger partial charge in [0.05, 0.1) is 29.2 Å². The summed E-state index contributed by atoms with van der Waals surface area (Å²) >= 11 is 4.82. The molecule has 0 spiro atoms. The van der Waals surface area contributed by atoms with Crippen molar-refractivity contribution in [3.8, 4) is 0 Å². The summed E-state index contributed by atoms with van der Waals surface area (Å²) in [6.07, 6.45) is 0.840. The SMILES string of the molecule is COCCn1c(SCc2csc(Cc3ccccc3)n2)nc2sc(C)c(C)c2c1=O. The number of hydrogen-bond donors (Lipinski definition) is 0. The van der Waals surface area contributed by atoms with Gasteiger partial charge in [-0.15, -0.1) is 22.7 Å². The highest BCUT2D eigenvalue weighted by Gasteiger charge is 2.17. The number of hydrogen-bond acceptors (Lipinski definition) is 7. The van der Waals surface area contributed by atoms with Crippen molar-refractivity contribution in [3.63, 3.8) is 0 Å². The molecule has 0 aliphatic heterocycles. The van der Waals surface area contributed by atoms with Gasteiger partial charge in [-0.1, -0.05) is 42.1 Å². The first-order valence-electron chi connectivity index (χ1n) is 9.66. The normalized spacial score (nSPS) is 11.4. The largest absolute Gasteiger partial charge is 0.383 e. The van der Waals surface area contributed by atoms with Crippen molar-refractivity contribution in [3.05, 3.63) is 72.8 Å². The van der Waals surface area contributed by atoms with E-state index in [2.05, 4.69) is 29.6 Å². The number of ether oxygens (including phenoxy) is 1. The molecule has 0 N–H and O–H groups in total. The van der Waals surface area contributed by atoms with E-state index >= 15 is 0 Å². The van der Waals surface area contributed by atoms with Crippen LogP contribution in [0.15, 0.2) is 45.7 Å². The second kappa shape index (κ2) is 9.43. The van der Waals surface area contributed by atoms with Crippen molar-refractivity contribution in [1.29, 1.82) is 0 Å². The lowest BCUT2D eigenvalue weighted by Gasteiger charge is -2.11. The smallest absolute Gasteiger partial charge is 0.263 e. The van der Waals surface area contributed by atoms with Crippen LogP contribution in [0, 0.1) is 13.8 Å². The standard InChI is InChI=1S/C22H23N3O2S3/c1-14-15(2)30-20-19(14)21(26)25(9-10-27-3)22(24-20)29-13-17-12-28-18(23-17)11-16-7-5-4-6-8-16/h4-8,12H,9-11,13H2,1-3H3. The number of aryl methyl sites for hydroxylation is 2. The summed E-state index contributed by atoms with van der Waals surface area (Å²) < 4.78 is 6.96. The lowest BCUT2D eigenvalue weighted by atomic mass is 10.2. The Bertz CT molecular complexity index is 1210. The molecule has 0 unspecified atom stereocenters. The van der Waals surface area contributed by atoms with E-state index in [1.54, 1.807) is 46.1 Å². The van der Waals surface area contributed by atoms with Crippen molar-refractivity contribution < 1.29 is 4.74 Å². The third kappa shape index (κ3) is 4.51. The molecule has 0 bridgehead atoms. The second-order valence-electron chi connectivity index (χ2n) is 6.99. The molecule has 0 fully saturated rings. The van der Waals surface area contributed by atoms with Crippen molar-refractivity contribution in [2.24, 2.45) is 0 Å². The maximum absolute atomic E-state index is 13.2. The molecule has 4 rings (SSSR count). The molecule has 3 heterocycles. The summed E-state index contributed by atoms with van der Waals surface area (Å²) in [5.41, 5.74) is 3.32. The molecule has 4 aromatic rings. The van der Waals surface area contributed by atoms with Crippen molar-refractivity contribution in [2.45, 2.75) is 37.7 Å². The Morgan fingerprint density at radius 1 is 1.17 bits per heavy atom. The molecule has 0 saturated heterocycles. The predicted molar refractivity (Wildman–Crippen MR) is 126 cm³/mol. The number of rotatable bonds is 8. The van der Waals surface area contributed by atoms with Crippen LogP contribution in [0.25, 0.3) is 10.2 Å². The summed E-state index contributed by atoms with van der Waals surface area (Å²) in [5.74, 6) is 0.680. The molecule has 0 aliphatic rings. The molecule has 8 heteroatoms. The maximum atomic E-state index is 13.2. The van der Waals surface area contributed by atoms with E-state index in [-0.39, 0.29) is 5.56 Å². The summed E-state index contributed by atoms with van der Waals surface area (Å²) in [4.78, 5) is 24.7. The highest BCUT2D eigenvalue weighted by atomic mass is 32.2. The Kier molecular flexibility index (Phi) is 6.67. The average Bonchev–Trinajstić information content (AvgIpc) is 3.30. The minimum atomic E-state index is 0.0180. The van der Waals surface area contributed by atoms with Crippen LogP contribution < -0.4 is 5.56 Å². The average molecular weight is 458 g/mol. The third-order valence-electron chi connectivity index (χ3n) is 4.92. The second-order valence-corrected chi connectivity index (χ2v) is 10.1. The van der Waals surface area contributed by atoms with Crippen molar-refractivity contribution >= 4 is 44.7 Å². The number of methoxy groups -OCH3 is 1. The molecular formula is C22H23N3O2S3. The Morgan fingerprint density at radius 3 is 2.73 bits per heavy atom. The molecular weight excluding hydrogens is 434 g/mol. The first kappa shape index (κ1) is 21.2. The van der Waals surface area contributed by atoms with Crippen LogP contribution in [0.3, 0.4) is 0 Å². The quantitative estimate of drug-likeness (QED) is 0.273. The fraction of sp³-hybridized carbons (Fsp3) is 0.318. The zero-order valence-electron chi connectivity index (χ0n) is 17.2. The van der Waals surface area contributed by atoms with Gasteiger partial charge < -0.3 is 4.74 Å². The monoisotopic (exact) mass is 457 g/mol. The van der Waals surface area contributed by atoms with Gasteiger partial charge in [-0.3, -0.25) is 9.36 Å². The molecule has 3 aromatic heterocycles. The molecule has 5 nitrogen and oxygen atoms in total. The van der Waals surface area contributed by atoms with Gasteiger partial charge in [-0.2, -0.15) is 0 Å².